The van der Waals surface area contributed by atoms with Crippen LogP contribution in [0.1, 0.15) is 75.5 Å². The van der Waals surface area contributed by atoms with E-state index < -0.39 is 61.0 Å². The van der Waals surface area contributed by atoms with E-state index >= 15 is 0 Å². The molecule has 6 N–H and O–H groups in total. The number of hydrogen-bond donors (Lipinski definition) is 6. The van der Waals surface area contributed by atoms with E-state index in [1.807, 2.05) is 83.3 Å². The second-order valence-electron chi connectivity index (χ2n) is 19.5. The summed E-state index contributed by atoms with van der Waals surface area (Å²) in [6.45, 7) is 16.3. The fourth-order valence-electron chi connectivity index (χ4n) is 7.16. The van der Waals surface area contributed by atoms with E-state index in [0.29, 0.717) is 47.8 Å². The van der Waals surface area contributed by atoms with Crippen molar-refractivity contribution in [3.05, 3.63) is 116 Å². The molecule has 33 heteroatoms. The van der Waals surface area contributed by atoms with Gasteiger partial charge >= 0.3 is 24.1 Å². The first-order valence-electron chi connectivity index (χ1n) is 26.9. The Labute approximate surface area is 554 Å². The Morgan fingerprint density at radius 1 is 0.911 bits per heavy atom. The molecule has 0 bridgehead atoms. The van der Waals surface area contributed by atoms with Gasteiger partial charge in [-0.05, 0) is 137 Å². The predicted molar refractivity (Wildman–Crippen MR) is 348 cm³/mol. The molecular weight excluding hydrogens is 1350 g/mol. The van der Waals surface area contributed by atoms with E-state index in [-0.39, 0.29) is 68.2 Å². The zero-order chi connectivity index (χ0) is 68.8. The number of carbonyl (C=O) groups excluding carboxylic acids is 3. The molecule has 0 radical (unpaired) electrons. The number of aryl methyl sites for hydroxylation is 2. The van der Waals surface area contributed by atoms with Crippen molar-refractivity contribution in [2.24, 2.45) is 0 Å². The zero-order valence-electron chi connectivity index (χ0n) is 51.2. The second-order valence-corrected chi connectivity index (χ2v) is 26.0. The van der Waals surface area contributed by atoms with Gasteiger partial charge in [0.05, 0.1) is 82.8 Å². The molecule has 1 aromatic heterocycles. The largest absolute Gasteiger partial charge is 0.778 e. The minimum atomic E-state index is -4.56. The number of aromatic nitrogens is 3. The highest BCUT2D eigenvalue weighted by Gasteiger charge is 2.33. The van der Waals surface area contributed by atoms with Crippen molar-refractivity contribution < 1.29 is 80.7 Å². The Balaban J connectivity index is 0.000000573. The van der Waals surface area contributed by atoms with Gasteiger partial charge in [0.15, 0.2) is 10.9 Å². The van der Waals surface area contributed by atoms with Crippen molar-refractivity contribution in [2.45, 2.75) is 97.1 Å². The molecule has 4 atom stereocenters. The topological polar surface area (TPSA) is 304 Å². The quantitative estimate of drug-likeness (QED) is 0.0183. The second kappa shape index (κ2) is 41.1. The minimum absolute atomic E-state index is 0.0223. The van der Waals surface area contributed by atoms with Crippen LogP contribution in [-0.4, -0.2) is 153 Å². The molecule has 22 nitrogen and oxygen atoms in total. The fraction of sp³-hybridized carbons (Fsp3) is 0.439. The summed E-state index contributed by atoms with van der Waals surface area (Å²) in [5.41, 5.74) is 2.81. The van der Waals surface area contributed by atoms with E-state index in [2.05, 4.69) is 57.3 Å². The van der Waals surface area contributed by atoms with E-state index in [9.17, 15) is 46.6 Å². The SMILES string of the molecule is CC1COc2ccccc2N1C(=O)C(Cl)Cl.CCNc1nc(Cl)nc(NC(C)C)n1.CCc1cccc(C)c1N(C(=O)CCl)C(C)COC.C[C@H](OC(=O)c1cc(Oc2ccc(C(F)(F)F)cc2Cl)ccc1Cl)C(=O)O.C[S+](C)C.O=C(O)CNCP(=O)([O-])O. The van der Waals surface area contributed by atoms with Crippen molar-refractivity contribution in [1.29, 1.82) is 0 Å². The lowest BCUT2D eigenvalue weighted by molar-refractivity contribution is -0.193. The number of para-hydroxylation sites is 3. The number of amides is 2. The number of rotatable bonds is 20. The molecule has 3 unspecified atom stereocenters. The number of ether oxygens (including phenoxy) is 4. The molecule has 0 saturated heterocycles. The van der Waals surface area contributed by atoms with Gasteiger partial charge in [0.1, 0.15) is 37.3 Å². The highest BCUT2D eigenvalue weighted by Crippen LogP contribution is 2.38. The van der Waals surface area contributed by atoms with E-state index in [1.165, 1.54) is 12.1 Å². The maximum absolute atomic E-state index is 12.7. The lowest BCUT2D eigenvalue weighted by atomic mass is 10.0. The Morgan fingerprint density at radius 2 is 1.53 bits per heavy atom. The molecule has 0 spiro atoms. The highest BCUT2D eigenvalue weighted by atomic mass is 35.5. The minimum Gasteiger partial charge on any atom is -0.778 e. The third kappa shape index (κ3) is 30.7. The third-order valence-electron chi connectivity index (χ3n) is 10.9. The summed E-state index contributed by atoms with van der Waals surface area (Å²) in [6, 6.07) is 19.9. The number of hydrogen-bond acceptors (Lipinski definition) is 17. The Hall–Kier alpha value is -5.61. The van der Waals surface area contributed by atoms with Gasteiger partial charge in [-0.2, -0.15) is 28.1 Å². The first kappa shape index (κ1) is 82.4. The average molecular weight is 1430 g/mol. The Morgan fingerprint density at radius 3 is 2.06 bits per heavy atom. The van der Waals surface area contributed by atoms with Crippen LogP contribution < -0.4 is 40.1 Å². The molecule has 6 rings (SSSR count). The number of carboxylic acids is 2. The van der Waals surface area contributed by atoms with Gasteiger partial charge in [0.2, 0.25) is 23.1 Å². The average Bonchev–Trinajstić information content (AvgIpc) is 0.930. The molecule has 1 aliphatic rings. The normalized spacial score (nSPS) is 13.5. The predicted octanol–water partition coefficient (Wildman–Crippen LogP) is 11.6. The standard InChI is InChI=1S/C17H11Cl2F3O5.C15H22ClNO2.C11H11Cl2NO2.C8H14ClN5.C3H8NO5P.C3H9S/c1-8(15(23)24)26-16(25)11-7-10(3-4-12(11)18)27-14-5-2-9(6-13(14)19)17(20,21)22;1-5-13-8-6-7-11(2)15(13)17(14(18)9-16)12(3)10-19-4;1-7-6-16-9-5-3-2-4-8(9)14(7)11(15)10(12)13;1-4-10-7-12-6(9)13-8(14-7)11-5(2)3;5-3(6)1-4-2-10(7,8)9;1-4(2)3/h2-8H,1H3,(H,23,24);6-8,12H,5,9-10H2,1-4H3;2-5,7,10H,6H2,1H3;5H,4H2,1-3H3,(H2,10,11,12,13,14);4H,1-2H2,(H,5,6)(H2,7,8,9);1-3H3/q;;;;;+1/p-1/t8-;;;;;/m0...../s1. The van der Waals surface area contributed by atoms with Crippen LogP contribution in [0.4, 0.5) is 36.4 Å². The van der Waals surface area contributed by atoms with Gasteiger partial charge in [0, 0.05) is 19.7 Å². The number of benzene rings is 4. The third-order valence-corrected chi connectivity index (χ3v) is 12.9. The number of nitrogens with zero attached hydrogens (tertiary/aromatic N) is 5. The number of anilines is 4. The smallest absolute Gasteiger partial charge is 0.416 e. The van der Waals surface area contributed by atoms with Crippen LogP contribution in [0.2, 0.25) is 15.3 Å². The molecule has 0 fully saturated rings. The summed E-state index contributed by atoms with van der Waals surface area (Å²) >= 11 is 34.5. The van der Waals surface area contributed by atoms with Gasteiger partial charge in [-0.3, -0.25) is 19.7 Å². The summed E-state index contributed by atoms with van der Waals surface area (Å²) in [7, 11) is -2.07. The summed E-state index contributed by atoms with van der Waals surface area (Å²) in [4.78, 5) is 88.9. The van der Waals surface area contributed by atoms with Gasteiger partial charge in [-0.1, -0.05) is 83.7 Å². The van der Waals surface area contributed by atoms with Gasteiger partial charge in [0.25, 0.3) is 5.91 Å². The number of halogens is 9. The van der Waals surface area contributed by atoms with Crippen molar-refractivity contribution in [1.82, 2.24) is 20.3 Å². The van der Waals surface area contributed by atoms with Crippen LogP contribution in [0.3, 0.4) is 0 Å². The lowest BCUT2D eigenvalue weighted by Gasteiger charge is -2.35. The Kier molecular flexibility index (Phi) is 37.6. The molecule has 0 saturated carbocycles. The summed E-state index contributed by atoms with van der Waals surface area (Å²) in [5.74, 6) is -2.31. The number of methoxy groups -OCH3 is 1. The number of nitrogens with one attached hydrogen (secondary N) is 3. The number of esters is 1. The monoisotopic (exact) mass is 1420 g/mol. The molecule has 1 aliphatic heterocycles. The maximum atomic E-state index is 12.7. The van der Waals surface area contributed by atoms with Crippen LogP contribution in [0, 0.1) is 6.92 Å². The molecule has 4 aromatic carbocycles. The van der Waals surface area contributed by atoms with Crippen LogP contribution in [0.15, 0.2) is 78.9 Å². The van der Waals surface area contributed by atoms with Crippen molar-refractivity contribution in [2.75, 3.05) is 84.8 Å². The van der Waals surface area contributed by atoms with Crippen molar-refractivity contribution in [3.63, 3.8) is 0 Å². The number of alkyl halides is 6. The summed E-state index contributed by atoms with van der Waals surface area (Å²) in [5, 5.41) is 24.7. The lowest BCUT2D eigenvalue weighted by Crippen LogP contribution is -2.47. The first-order chi connectivity index (χ1) is 41.9. The van der Waals surface area contributed by atoms with E-state index in [4.69, 9.17) is 104 Å². The van der Waals surface area contributed by atoms with Gasteiger partial charge in [-0.25, -0.2) is 9.59 Å². The van der Waals surface area contributed by atoms with Crippen LogP contribution >= 0.6 is 77.2 Å². The number of fused-ring (bicyclic) bond motifs is 1. The summed E-state index contributed by atoms with van der Waals surface area (Å²) in [6.07, 6.45) is 0.796. The highest BCUT2D eigenvalue weighted by molar-refractivity contribution is 7.94. The summed E-state index contributed by atoms with van der Waals surface area (Å²) < 4.78 is 68.8. The molecule has 2 amide bonds. The van der Waals surface area contributed by atoms with Gasteiger partial charge < -0.3 is 63.9 Å². The van der Waals surface area contributed by atoms with Gasteiger partial charge in [-0.15, -0.1) is 11.6 Å². The number of carbonyl (C=O) groups is 5. The molecule has 2 heterocycles. The van der Waals surface area contributed by atoms with Crippen molar-refractivity contribution >= 4 is 141 Å². The Bertz CT molecular complexity index is 3160. The van der Waals surface area contributed by atoms with Crippen LogP contribution in [0.25, 0.3) is 0 Å². The fourth-order valence-corrected chi connectivity index (χ4v) is 8.47. The number of aliphatic carboxylic acids is 2. The molecule has 5 aromatic rings. The molecule has 500 valence electrons. The molecular formula is C57H74Cl6F3N8O14PS. The van der Waals surface area contributed by atoms with Crippen LogP contribution in [0.5, 0.6) is 17.2 Å². The van der Waals surface area contributed by atoms with Crippen LogP contribution in [-0.2, 0) is 56.7 Å². The number of carboxylic acid groups (broad SMARTS) is 2. The maximum Gasteiger partial charge on any atom is 0.416 e. The van der Waals surface area contributed by atoms with E-state index in [1.54, 1.807) is 16.9 Å². The zero-order valence-corrected chi connectivity index (χ0v) is 57.4. The first-order valence-corrected chi connectivity index (χ1v) is 33.6. The van der Waals surface area contributed by atoms with Crippen molar-refractivity contribution in [3.8, 4) is 17.2 Å². The molecule has 0 aliphatic carbocycles. The van der Waals surface area contributed by atoms with E-state index in [0.717, 1.165) is 60.6 Å². The molecule has 90 heavy (non-hydrogen) atoms.